The number of hydrogen-bond acceptors (Lipinski definition) is 4. The van der Waals surface area contributed by atoms with Crippen molar-refractivity contribution in [2.24, 2.45) is 0 Å². The van der Waals surface area contributed by atoms with E-state index in [1.165, 1.54) is 0 Å². The van der Waals surface area contributed by atoms with Crippen molar-refractivity contribution in [2.45, 2.75) is 76.6 Å². The Balaban J connectivity index is 4.13. The molecule has 0 heterocycles. The molecular weight excluding hydrogens is 332 g/mol. The van der Waals surface area contributed by atoms with Gasteiger partial charge in [-0.15, -0.1) is 0 Å². The van der Waals surface area contributed by atoms with Gasteiger partial charge in [-0.25, -0.2) is 0 Å². The third-order valence-electron chi connectivity index (χ3n) is 3.89. The van der Waals surface area contributed by atoms with Crippen molar-refractivity contribution in [1.29, 1.82) is 0 Å². The number of hydrogen-bond donors (Lipinski definition) is 4. The molecule has 0 aromatic carbocycles. The quantitative estimate of drug-likeness (QED) is 0.278. The van der Waals surface area contributed by atoms with Gasteiger partial charge in [-0.05, 0) is 26.2 Å². The van der Waals surface area contributed by atoms with Gasteiger partial charge in [-0.2, -0.15) is 0 Å². The molecule has 5 heteroatoms. The Kier molecular flexibility index (Phi) is 13.5. The first-order valence-electron chi connectivity index (χ1n) is 9.28. The number of aliphatic carboxylic acids is 1. The van der Waals surface area contributed by atoms with E-state index in [-0.39, 0.29) is 6.42 Å². The summed E-state index contributed by atoms with van der Waals surface area (Å²) in [6.07, 6.45) is 16.6. The zero-order chi connectivity index (χ0) is 19.8. The highest BCUT2D eigenvalue weighted by molar-refractivity contribution is 5.66. The Morgan fingerprint density at radius 3 is 2.23 bits per heavy atom. The lowest BCUT2D eigenvalue weighted by Gasteiger charge is -2.17. The molecule has 0 rings (SSSR count). The van der Waals surface area contributed by atoms with Crippen LogP contribution in [0.15, 0.2) is 48.6 Å². The van der Waals surface area contributed by atoms with E-state index in [2.05, 4.69) is 6.92 Å². The van der Waals surface area contributed by atoms with Crippen LogP contribution in [0.3, 0.4) is 0 Å². The monoisotopic (exact) mass is 366 g/mol. The summed E-state index contributed by atoms with van der Waals surface area (Å²) in [4.78, 5) is 10.5. The van der Waals surface area contributed by atoms with Crippen LogP contribution in [-0.4, -0.2) is 44.2 Å². The van der Waals surface area contributed by atoms with Gasteiger partial charge in [-0.1, -0.05) is 74.8 Å². The van der Waals surface area contributed by atoms with Crippen molar-refractivity contribution in [3.63, 3.8) is 0 Å². The van der Waals surface area contributed by atoms with E-state index < -0.39 is 23.8 Å². The van der Waals surface area contributed by atoms with Gasteiger partial charge in [0, 0.05) is 6.42 Å². The van der Waals surface area contributed by atoms with Crippen molar-refractivity contribution < 1.29 is 25.2 Å². The van der Waals surface area contributed by atoms with Crippen LogP contribution in [0, 0.1) is 0 Å². The Labute approximate surface area is 157 Å². The number of carboxylic acids is 1. The largest absolute Gasteiger partial charge is 0.481 e. The maximum Gasteiger partial charge on any atom is 0.303 e. The minimum atomic E-state index is -1.03. The number of aliphatic hydroxyl groups excluding tert-OH is 2. The molecule has 3 unspecified atom stereocenters. The van der Waals surface area contributed by atoms with Gasteiger partial charge in [0.15, 0.2) is 0 Å². The molecule has 4 N–H and O–H groups in total. The summed E-state index contributed by atoms with van der Waals surface area (Å²) in [5.74, 6) is -0.860. The van der Waals surface area contributed by atoms with Crippen molar-refractivity contribution in [3.8, 4) is 0 Å². The lowest BCUT2D eigenvalue weighted by molar-refractivity contribution is -0.137. The molecule has 3 atom stereocenters. The van der Waals surface area contributed by atoms with Crippen molar-refractivity contribution in [2.75, 3.05) is 0 Å². The molecule has 0 saturated carbocycles. The van der Waals surface area contributed by atoms with Gasteiger partial charge < -0.3 is 20.4 Å². The van der Waals surface area contributed by atoms with E-state index in [9.17, 15) is 20.1 Å². The van der Waals surface area contributed by atoms with Crippen molar-refractivity contribution >= 4 is 5.97 Å². The van der Waals surface area contributed by atoms with Crippen LogP contribution in [0.25, 0.3) is 0 Å². The second-order valence-electron chi connectivity index (χ2n) is 6.67. The standard InChI is InChI=1S/C21H34O5/c1-3-4-9-13-18(22)19(23)14-10-7-5-6-8-11-16-21(2,26)17-12-15-20(24)25/h5-8,10-11,14,16,18-19,22-23,26H,3-4,9,12-13,15,17H2,1-2H3,(H,24,25)/b7-5+,8-6-,14-10+,16-11+. The number of aliphatic hydroxyl groups is 3. The molecule has 148 valence electrons. The highest BCUT2D eigenvalue weighted by Gasteiger charge is 2.15. The number of rotatable bonds is 14. The first-order valence-corrected chi connectivity index (χ1v) is 9.28. The van der Waals surface area contributed by atoms with Crippen LogP contribution in [0.2, 0.25) is 0 Å². The molecule has 0 aliphatic carbocycles. The van der Waals surface area contributed by atoms with E-state index in [1.54, 1.807) is 55.5 Å². The van der Waals surface area contributed by atoms with Gasteiger partial charge in [-0.3, -0.25) is 4.79 Å². The highest BCUT2D eigenvalue weighted by atomic mass is 16.4. The summed E-state index contributed by atoms with van der Waals surface area (Å²) in [5.41, 5.74) is -1.03. The molecule has 0 fully saturated rings. The van der Waals surface area contributed by atoms with Gasteiger partial charge in [0.1, 0.15) is 0 Å². The molecule has 5 nitrogen and oxygen atoms in total. The van der Waals surface area contributed by atoms with E-state index in [0.29, 0.717) is 19.3 Å². The Hall–Kier alpha value is -1.69. The molecular formula is C21H34O5. The maximum atomic E-state index is 10.5. The normalized spacial score (nSPS) is 17.4. The fourth-order valence-electron chi connectivity index (χ4n) is 2.28. The average Bonchev–Trinajstić information content (AvgIpc) is 2.56. The molecule has 0 aromatic rings. The van der Waals surface area contributed by atoms with Crippen LogP contribution in [0.1, 0.15) is 58.8 Å². The first kappa shape index (κ1) is 24.3. The Morgan fingerprint density at radius 1 is 1.00 bits per heavy atom. The second-order valence-corrected chi connectivity index (χ2v) is 6.67. The number of unbranched alkanes of at least 4 members (excludes halogenated alkanes) is 2. The fraction of sp³-hybridized carbons (Fsp3) is 0.571. The lowest BCUT2D eigenvalue weighted by Crippen LogP contribution is -2.23. The SMILES string of the molecule is CCCCCC(O)C(O)/C=C/C=C/C=C\C=C\C(C)(O)CCCC(=O)O. The summed E-state index contributed by atoms with van der Waals surface area (Å²) in [7, 11) is 0. The molecule has 0 spiro atoms. The molecule has 0 radical (unpaired) electrons. The number of carbonyl (C=O) groups is 1. The molecule has 0 amide bonds. The Morgan fingerprint density at radius 2 is 1.62 bits per heavy atom. The highest BCUT2D eigenvalue weighted by Crippen LogP contribution is 2.15. The summed E-state index contributed by atoms with van der Waals surface area (Å²) >= 11 is 0. The maximum absolute atomic E-state index is 10.5. The lowest BCUT2D eigenvalue weighted by atomic mass is 9.98. The molecule has 0 bridgehead atoms. The predicted octanol–water partition coefficient (Wildman–Crippen LogP) is 3.52. The van der Waals surface area contributed by atoms with Crippen molar-refractivity contribution in [3.05, 3.63) is 48.6 Å². The molecule has 26 heavy (non-hydrogen) atoms. The Bertz CT molecular complexity index is 489. The van der Waals surface area contributed by atoms with Gasteiger partial charge in [0.25, 0.3) is 0 Å². The number of allylic oxidation sites excluding steroid dienone is 6. The fourth-order valence-corrected chi connectivity index (χ4v) is 2.28. The van der Waals surface area contributed by atoms with Gasteiger partial charge in [0.05, 0.1) is 17.8 Å². The minimum absolute atomic E-state index is 0.0497. The third-order valence-corrected chi connectivity index (χ3v) is 3.89. The summed E-state index contributed by atoms with van der Waals surface area (Å²) in [6.45, 7) is 3.74. The zero-order valence-electron chi connectivity index (χ0n) is 15.9. The first-order chi connectivity index (χ1) is 12.3. The average molecular weight is 366 g/mol. The summed E-state index contributed by atoms with van der Waals surface area (Å²) in [6, 6.07) is 0. The smallest absolute Gasteiger partial charge is 0.303 e. The zero-order valence-corrected chi connectivity index (χ0v) is 15.9. The second kappa shape index (κ2) is 14.5. The van der Waals surface area contributed by atoms with E-state index in [1.807, 2.05) is 0 Å². The molecule has 0 aliphatic heterocycles. The topological polar surface area (TPSA) is 98.0 Å². The van der Waals surface area contributed by atoms with Crippen LogP contribution in [0.5, 0.6) is 0 Å². The van der Waals surface area contributed by atoms with E-state index in [0.717, 1.165) is 19.3 Å². The van der Waals surface area contributed by atoms with Gasteiger partial charge in [0.2, 0.25) is 0 Å². The van der Waals surface area contributed by atoms with Crippen LogP contribution >= 0.6 is 0 Å². The van der Waals surface area contributed by atoms with Crippen molar-refractivity contribution in [1.82, 2.24) is 0 Å². The summed E-state index contributed by atoms with van der Waals surface area (Å²) in [5, 5.41) is 38.2. The molecule has 0 aromatic heterocycles. The van der Waals surface area contributed by atoms with E-state index in [4.69, 9.17) is 5.11 Å². The predicted molar refractivity (Wildman–Crippen MR) is 105 cm³/mol. The van der Waals surface area contributed by atoms with Gasteiger partial charge >= 0.3 is 5.97 Å². The number of carboxylic acid groups (broad SMARTS) is 1. The van der Waals surface area contributed by atoms with Crippen LogP contribution in [0.4, 0.5) is 0 Å². The summed E-state index contributed by atoms with van der Waals surface area (Å²) < 4.78 is 0. The minimum Gasteiger partial charge on any atom is -0.481 e. The third kappa shape index (κ3) is 14.6. The molecule has 0 saturated heterocycles. The molecule has 0 aliphatic rings. The van der Waals surface area contributed by atoms with Crippen LogP contribution in [-0.2, 0) is 4.79 Å². The van der Waals surface area contributed by atoms with E-state index >= 15 is 0 Å². The van der Waals surface area contributed by atoms with Crippen LogP contribution < -0.4 is 0 Å².